The molecule has 2 bridgehead atoms. The topological polar surface area (TPSA) is 80.7 Å². The molecule has 1 fully saturated rings. The number of halogens is 2. The minimum absolute atomic E-state index is 0.0680. The van der Waals surface area contributed by atoms with Crippen LogP contribution in [-0.2, 0) is 10.2 Å². The van der Waals surface area contributed by atoms with Crippen molar-refractivity contribution in [3.63, 3.8) is 0 Å². The van der Waals surface area contributed by atoms with Crippen LogP contribution in [0.1, 0.15) is 61.7 Å². The number of hydrogen-bond donors (Lipinski definition) is 1. The molecule has 0 saturated heterocycles. The zero-order chi connectivity index (χ0) is 23.0. The molecule has 8 heteroatoms. The third-order valence-electron chi connectivity index (χ3n) is 7.76. The van der Waals surface area contributed by atoms with Gasteiger partial charge in [-0.2, -0.15) is 5.10 Å². The van der Waals surface area contributed by atoms with E-state index in [1.807, 2.05) is 0 Å². The molecule has 0 spiro atoms. The van der Waals surface area contributed by atoms with Gasteiger partial charge in [-0.3, -0.25) is 9.78 Å². The fraction of sp³-hybridized carbons (Fsp3) is 0.320. The number of rotatable bonds is 3. The quantitative estimate of drug-likeness (QED) is 0.651. The minimum atomic E-state index is -0.659. The standard InChI is InChI=1S/C25H21F2N5O/c1-24(2)15-6-7-25(24,20-12-28-11-19(30-20)13-8-21(33)29-10-13)23-14(15)9-18(31-32-23)22-16(26)4-3-5-17(22)27/h3-5,9-12,15H,6-8H2,1-2H3,(H,29,33)/t15-,25-/m0/s1. The second-order valence-corrected chi connectivity index (χ2v) is 9.55. The Morgan fingerprint density at radius 2 is 1.88 bits per heavy atom. The van der Waals surface area contributed by atoms with Gasteiger partial charge in [0.2, 0.25) is 5.91 Å². The molecule has 6 nitrogen and oxygen atoms in total. The van der Waals surface area contributed by atoms with Crippen molar-refractivity contribution in [1.29, 1.82) is 0 Å². The molecule has 33 heavy (non-hydrogen) atoms. The van der Waals surface area contributed by atoms with Gasteiger partial charge in [-0.15, -0.1) is 5.10 Å². The van der Waals surface area contributed by atoms with Crippen LogP contribution in [0.15, 0.2) is 42.9 Å². The number of aromatic nitrogens is 4. The van der Waals surface area contributed by atoms with Crippen molar-refractivity contribution in [1.82, 2.24) is 25.5 Å². The molecular formula is C25H21F2N5O. The second-order valence-electron chi connectivity index (χ2n) is 9.55. The van der Waals surface area contributed by atoms with Gasteiger partial charge in [0.05, 0.1) is 46.4 Å². The Morgan fingerprint density at radius 1 is 1.09 bits per heavy atom. The first kappa shape index (κ1) is 20.1. The van der Waals surface area contributed by atoms with Crippen molar-refractivity contribution in [2.75, 3.05) is 0 Å². The Balaban J connectivity index is 1.51. The van der Waals surface area contributed by atoms with Crippen LogP contribution in [0.3, 0.4) is 0 Å². The lowest BCUT2D eigenvalue weighted by atomic mass is 9.66. The van der Waals surface area contributed by atoms with Gasteiger partial charge < -0.3 is 5.32 Å². The van der Waals surface area contributed by atoms with Gasteiger partial charge in [-0.1, -0.05) is 19.9 Å². The summed E-state index contributed by atoms with van der Waals surface area (Å²) < 4.78 is 28.9. The molecule has 1 N–H and O–H groups in total. The molecule has 0 radical (unpaired) electrons. The van der Waals surface area contributed by atoms with Crippen LogP contribution < -0.4 is 5.32 Å². The number of amides is 1. The highest BCUT2D eigenvalue weighted by molar-refractivity contribution is 5.93. The molecule has 166 valence electrons. The minimum Gasteiger partial charge on any atom is -0.332 e. The molecule has 1 aromatic carbocycles. The summed E-state index contributed by atoms with van der Waals surface area (Å²) in [5.41, 5.74) is 3.27. The number of nitrogens with one attached hydrogen (secondary N) is 1. The van der Waals surface area contributed by atoms with Crippen molar-refractivity contribution in [2.24, 2.45) is 5.41 Å². The fourth-order valence-electron chi connectivity index (χ4n) is 6.09. The second kappa shape index (κ2) is 6.73. The summed E-state index contributed by atoms with van der Waals surface area (Å²) in [7, 11) is 0. The predicted octanol–water partition coefficient (Wildman–Crippen LogP) is 4.28. The molecule has 1 saturated carbocycles. The smallest absolute Gasteiger partial charge is 0.228 e. The first-order valence-corrected chi connectivity index (χ1v) is 11.0. The SMILES string of the molecule is CC1(C)[C@H]2CC[C@]1(c1cncc(C3=CNC(=O)C3)n1)c1nnc(-c3c(F)cccc3F)cc12. The van der Waals surface area contributed by atoms with Gasteiger partial charge in [0.15, 0.2) is 0 Å². The molecule has 2 aliphatic carbocycles. The Hall–Kier alpha value is -3.55. The van der Waals surface area contributed by atoms with Crippen molar-refractivity contribution in [2.45, 2.75) is 44.4 Å². The monoisotopic (exact) mass is 445 g/mol. The van der Waals surface area contributed by atoms with Crippen LogP contribution in [-0.4, -0.2) is 26.1 Å². The van der Waals surface area contributed by atoms with Crippen LogP contribution in [0.4, 0.5) is 8.78 Å². The fourth-order valence-corrected chi connectivity index (χ4v) is 6.09. The van der Waals surface area contributed by atoms with Gasteiger partial charge >= 0.3 is 0 Å². The number of hydrogen-bond acceptors (Lipinski definition) is 5. The third-order valence-corrected chi connectivity index (χ3v) is 7.76. The molecule has 1 aliphatic heterocycles. The summed E-state index contributed by atoms with van der Waals surface area (Å²) in [5.74, 6) is -1.24. The average Bonchev–Trinajstić information content (AvgIpc) is 3.40. The Kier molecular flexibility index (Phi) is 4.09. The number of nitrogens with zero attached hydrogens (tertiary/aromatic N) is 4. The van der Waals surface area contributed by atoms with E-state index in [0.29, 0.717) is 5.69 Å². The molecule has 3 heterocycles. The van der Waals surface area contributed by atoms with Crippen LogP contribution in [0.5, 0.6) is 0 Å². The first-order chi connectivity index (χ1) is 15.8. The molecule has 3 aromatic rings. The van der Waals surface area contributed by atoms with E-state index in [0.717, 1.165) is 35.4 Å². The number of benzene rings is 1. The predicted molar refractivity (Wildman–Crippen MR) is 117 cm³/mol. The molecule has 0 unspecified atom stereocenters. The molecule has 6 rings (SSSR count). The van der Waals surface area contributed by atoms with Gasteiger partial charge in [0, 0.05) is 18.0 Å². The third kappa shape index (κ3) is 2.60. The number of carbonyl (C=O) groups excluding carboxylic acids is 1. The Bertz CT molecular complexity index is 1350. The Morgan fingerprint density at radius 3 is 2.61 bits per heavy atom. The van der Waals surface area contributed by atoms with Gasteiger partial charge in [-0.25, -0.2) is 13.8 Å². The van der Waals surface area contributed by atoms with E-state index in [1.54, 1.807) is 24.7 Å². The molecule has 1 amide bonds. The van der Waals surface area contributed by atoms with E-state index < -0.39 is 17.0 Å². The molecular weight excluding hydrogens is 424 g/mol. The van der Waals surface area contributed by atoms with E-state index in [-0.39, 0.29) is 34.9 Å². The van der Waals surface area contributed by atoms with Crippen molar-refractivity contribution in [3.05, 3.63) is 77.1 Å². The summed E-state index contributed by atoms with van der Waals surface area (Å²) >= 11 is 0. The van der Waals surface area contributed by atoms with Crippen molar-refractivity contribution < 1.29 is 13.6 Å². The first-order valence-electron chi connectivity index (χ1n) is 11.0. The lowest BCUT2D eigenvalue weighted by Crippen LogP contribution is -2.38. The lowest BCUT2D eigenvalue weighted by molar-refractivity contribution is -0.118. The highest BCUT2D eigenvalue weighted by Gasteiger charge is 2.65. The van der Waals surface area contributed by atoms with Crippen LogP contribution in [0, 0.1) is 17.0 Å². The lowest BCUT2D eigenvalue weighted by Gasteiger charge is -2.37. The maximum Gasteiger partial charge on any atom is 0.228 e. The molecule has 3 aliphatic rings. The van der Waals surface area contributed by atoms with Gasteiger partial charge in [0.25, 0.3) is 0 Å². The number of fused-ring (bicyclic) bond motifs is 5. The highest BCUT2D eigenvalue weighted by Crippen LogP contribution is 2.69. The zero-order valence-electron chi connectivity index (χ0n) is 18.2. The van der Waals surface area contributed by atoms with Gasteiger partial charge in [0.1, 0.15) is 11.6 Å². The van der Waals surface area contributed by atoms with E-state index in [4.69, 9.17) is 4.98 Å². The Labute approximate surface area is 189 Å². The van der Waals surface area contributed by atoms with Crippen LogP contribution in [0.2, 0.25) is 0 Å². The van der Waals surface area contributed by atoms with E-state index in [1.165, 1.54) is 18.2 Å². The van der Waals surface area contributed by atoms with E-state index in [2.05, 4.69) is 34.3 Å². The van der Waals surface area contributed by atoms with Crippen molar-refractivity contribution in [3.8, 4) is 11.3 Å². The van der Waals surface area contributed by atoms with E-state index >= 15 is 0 Å². The maximum atomic E-state index is 14.4. The average molecular weight is 445 g/mol. The molecule has 2 aromatic heterocycles. The van der Waals surface area contributed by atoms with E-state index in [9.17, 15) is 13.6 Å². The largest absolute Gasteiger partial charge is 0.332 e. The summed E-state index contributed by atoms with van der Waals surface area (Å²) in [6.07, 6.45) is 7.10. The maximum absolute atomic E-state index is 14.4. The highest BCUT2D eigenvalue weighted by atomic mass is 19.1. The number of carbonyl (C=O) groups is 1. The van der Waals surface area contributed by atoms with Crippen molar-refractivity contribution >= 4 is 11.5 Å². The van der Waals surface area contributed by atoms with Crippen LogP contribution in [0.25, 0.3) is 16.8 Å². The summed E-state index contributed by atoms with van der Waals surface area (Å²) in [4.78, 5) is 21.1. The molecule has 2 atom stereocenters. The summed E-state index contributed by atoms with van der Waals surface area (Å²) in [6, 6.07) is 5.58. The summed E-state index contributed by atoms with van der Waals surface area (Å²) in [5, 5.41) is 11.5. The van der Waals surface area contributed by atoms with Gasteiger partial charge in [-0.05, 0) is 47.9 Å². The summed E-state index contributed by atoms with van der Waals surface area (Å²) in [6.45, 7) is 4.37. The van der Waals surface area contributed by atoms with Crippen LogP contribution >= 0.6 is 0 Å². The normalized spacial score (nSPS) is 24.5. The zero-order valence-corrected chi connectivity index (χ0v) is 18.2.